The van der Waals surface area contributed by atoms with Crippen molar-refractivity contribution in [2.75, 3.05) is 33.3 Å². The van der Waals surface area contributed by atoms with Crippen LogP contribution in [0.25, 0.3) is 0 Å². The molecule has 5 heteroatoms. The molecule has 1 heterocycles. The zero-order chi connectivity index (χ0) is 18.5. The maximum absolute atomic E-state index is 12.9. The predicted octanol–water partition coefficient (Wildman–Crippen LogP) is 0.100. The van der Waals surface area contributed by atoms with Gasteiger partial charge in [-0.05, 0) is 30.4 Å². The number of aliphatic hydroxyl groups is 1. The topological polar surface area (TPSA) is 46.5 Å². The number of quaternary nitrogens is 1. The molecule has 1 N–H and O–H groups in total. The third-order valence-corrected chi connectivity index (χ3v) is 5.44. The zero-order valence-corrected chi connectivity index (χ0v) is 18.0. The van der Waals surface area contributed by atoms with E-state index in [0.717, 1.165) is 24.1 Å². The molecule has 0 saturated carbocycles. The SMILES string of the molecule is C[N+]1(CCOC(=O)C(O)(c2ccccc2)c2ccccc2)CCCCC1.[I-]. The van der Waals surface area contributed by atoms with Crippen LogP contribution in [-0.2, 0) is 15.1 Å². The molecule has 1 aliphatic heterocycles. The summed E-state index contributed by atoms with van der Waals surface area (Å²) in [4.78, 5) is 12.9. The highest BCUT2D eigenvalue weighted by molar-refractivity contribution is 5.85. The quantitative estimate of drug-likeness (QED) is 0.362. The van der Waals surface area contributed by atoms with E-state index in [4.69, 9.17) is 4.74 Å². The first kappa shape index (κ1) is 21.9. The lowest BCUT2D eigenvalue weighted by Gasteiger charge is -2.37. The van der Waals surface area contributed by atoms with Crippen molar-refractivity contribution < 1.29 is 43.1 Å². The molecule has 0 aliphatic carbocycles. The molecule has 146 valence electrons. The smallest absolute Gasteiger partial charge is 0.347 e. The van der Waals surface area contributed by atoms with Crippen LogP contribution in [0.3, 0.4) is 0 Å². The number of hydrogen-bond donors (Lipinski definition) is 1. The number of piperidine rings is 1. The molecular weight excluding hydrogens is 453 g/mol. The lowest BCUT2D eigenvalue weighted by molar-refractivity contribution is -0.914. The van der Waals surface area contributed by atoms with E-state index < -0.39 is 11.6 Å². The van der Waals surface area contributed by atoms with Crippen molar-refractivity contribution in [3.63, 3.8) is 0 Å². The van der Waals surface area contributed by atoms with Gasteiger partial charge in [0.15, 0.2) is 0 Å². The fourth-order valence-electron chi connectivity index (χ4n) is 3.72. The summed E-state index contributed by atoms with van der Waals surface area (Å²) in [6.45, 7) is 3.35. The van der Waals surface area contributed by atoms with Gasteiger partial charge in [-0.3, -0.25) is 0 Å². The average molecular weight is 481 g/mol. The second-order valence-corrected chi connectivity index (χ2v) is 7.43. The van der Waals surface area contributed by atoms with Crippen molar-refractivity contribution in [1.82, 2.24) is 0 Å². The van der Waals surface area contributed by atoms with E-state index in [2.05, 4.69) is 7.05 Å². The summed E-state index contributed by atoms with van der Waals surface area (Å²) >= 11 is 0. The molecule has 1 aliphatic rings. The van der Waals surface area contributed by atoms with Gasteiger partial charge >= 0.3 is 5.97 Å². The zero-order valence-electron chi connectivity index (χ0n) is 15.8. The summed E-state index contributed by atoms with van der Waals surface area (Å²) in [5.41, 5.74) is -0.743. The van der Waals surface area contributed by atoms with Crippen molar-refractivity contribution in [1.29, 1.82) is 0 Å². The van der Waals surface area contributed by atoms with Gasteiger partial charge in [0, 0.05) is 0 Å². The molecule has 3 rings (SSSR count). The highest BCUT2D eigenvalue weighted by Gasteiger charge is 2.41. The maximum Gasteiger partial charge on any atom is 0.347 e. The van der Waals surface area contributed by atoms with E-state index in [9.17, 15) is 9.90 Å². The normalized spacial score (nSPS) is 16.2. The Kier molecular flexibility index (Phi) is 7.82. The Labute approximate surface area is 178 Å². The van der Waals surface area contributed by atoms with Crippen molar-refractivity contribution >= 4 is 5.97 Å². The third kappa shape index (κ3) is 5.09. The molecule has 0 atom stereocenters. The number of nitrogens with zero attached hydrogens (tertiary/aromatic N) is 1. The summed E-state index contributed by atoms with van der Waals surface area (Å²) in [5.74, 6) is -0.612. The van der Waals surface area contributed by atoms with E-state index in [-0.39, 0.29) is 24.0 Å². The number of hydrogen-bond acceptors (Lipinski definition) is 3. The molecule has 0 bridgehead atoms. The van der Waals surface area contributed by atoms with Crippen molar-refractivity contribution in [2.24, 2.45) is 0 Å². The molecule has 27 heavy (non-hydrogen) atoms. The number of rotatable bonds is 6. The fraction of sp³-hybridized carbons (Fsp3) is 0.409. The fourth-order valence-corrected chi connectivity index (χ4v) is 3.72. The highest BCUT2D eigenvalue weighted by Crippen LogP contribution is 2.31. The van der Waals surface area contributed by atoms with Crippen LogP contribution < -0.4 is 24.0 Å². The molecule has 4 nitrogen and oxygen atoms in total. The van der Waals surface area contributed by atoms with Gasteiger partial charge in [-0.15, -0.1) is 0 Å². The molecule has 0 spiro atoms. The standard InChI is InChI=1S/C22H28NO3.HI/c1-23(15-9-4-10-16-23)17-18-26-21(24)22(25,19-11-5-2-6-12-19)20-13-7-3-8-14-20;/h2-3,5-8,11-14,25H,4,9-10,15-18H2,1H3;1H/q+1;/p-1. The van der Waals surface area contributed by atoms with E-state index in [1.165, 1.54) is 19.3 Å². The molecule has 0 unspecified atom stereocenters. The van der Waals surface area contributed by atoms with E-state index in [1.807, 2.05) is 36.4 Å². The Morgan fingerprint density at radius 2 is 1.44 bits per heavy atom. The Hall–Kier alpha value is -1.44. The van der Waals surface area contributed by atoms with E-state index in [1.54, 1.807) is 24.3 Å². The van der Waals surface area contributed by atoms with Gasteiger partial charge in [-0.25, -0.2) is 4.79 Å². The number of carbonyl (C=O) groups is 1. The third-order valence-electron chi connectivity index (χ3n) is 5.44. The van der Waals surface area contributed by atoms with Gasteiger partial charge in [-0.1, -0.05) is 60.7 Å². The second kappa shape index (κ2) is 9.66. The number of carbonyl (C=O) groups excluding carboxylic acids is 1. The largest absolute Gasteiger partial charge is 1.00 e. The average Bonchev–Trinajstić information content (AvgIpc) is 2.69. The molecule has 0 amide bonds. The molecule has 2 aromatic carbocycles. The van der Waals surface area contributed by atoms with Crippen LogP contribution >= 0.6 is 0 Å². The minimum absolute atomic E-state index is 0. The highest BCUT2D eigenvalue weighted by atomic mass is 127. The van der Waals surface area contributed by atoms with Gasteiger partial charge in [0.05, 0.1) is 20.1 Å². The van der Waals surface area contributed by atoms with Crippen LogP contribution in [0.5, 0.6) is 0 Å². The first-order chi connectivity index (χ1) is 12.5. The molecule has 1 saturated heterocycles. The lowest BCUT2D eigenvalue weighted by atomic mass is 9.86. The molecule has 0 radical (unpaired) electrons. The number of likely N-dealkylation sites (N-methyl/N-ethyl adjacent to an activating group) is 1. The Balaban J connectivity index is 0.00000261. The van der Waals surface area contributed by atoms with Gasteiger partial charge in [-0.2, -0.15) is 0 Å². The summed E-state index contributed by atoms with van der Waals surface area (Å²) in [6, 6.07) is 18.0. The van der Waals surface area contributed by atoms with Crippen LogP contribution in [-0.4, -0.2) is 48.8 Å². The van der Waals surface area contributed by atoms with Crippen LogP contribution in [0.15, 0.2) is 60.7 Å². The predicted molar refractivity (Wildman–Crippen MR) is 101 cm³/mol. The van der Waals surface area contributed by atoms with Crippen molar-refractivity contribution in [3.05, 3.63) is 71.8 Å². The van der Waals surface area contributed by atoms with Gasteiger partial charge in [0.2, 0.25) is 5.60 Å². The maximum atomic E-state index is 12.9. The van der Waals surface area contributed by atoms with Crippen LogP contribution in [0.4, 0.5) is 0 Å². The summed E-state index contributed by atoms with van der Waals surface area (Å²) in [7, 11) is 2.22. The summed E-state index contributed by atoms with van der Waals surface area (Å²) in [6.07, 6.45) is 3.74. The molecular formula is C22H28INO3. The summed E-state index contributed by atoms with van der Waals surface area (Å²) in [5, 5.41) is 11.3. The van der Waals surface area contributed by atoms with E-state index in [0.29, 0.717) is 17.7 Å². The van der Waals surface area contributed by atoms with E-state index >= 15 is 0 Å². The monoisotopic (exact) mass is 481 g/mol. The number of likely N-dealkylation sites (tertiary alicyclic amines) is 1. The van der Waals surface area contributed by atoms with Crippen LogP contribution in [0.1, 0.15) is 30.4 Å². The number of ether oxygens (including phenoxy) is 1. The van der Waals surface area contributed by atoms with Crippen LogP contribution in [0, 0.1) is 0 Å². The lowest BCUT2D eigenvalue weighted by Crippen LogP contribution is -3.00. The Morgan fingerprint density at radius 1 is 0.963 bits per heavy atom. The Morgan fingerprint density at radius 3 is 1.93 bits per heavy atom. The van der Waals surface area contributed by atoms with Crippen LogP contribution in [0.2, 0.25) is 0 Å². The van der Waals surface area contributed by atoms with Crippen molar-refractivity contribution in [2.45, 2.75) is 24.9 Å². The molecule has 2 aromatic rings. The van der Waals surface area contributed by atoms with Crippen molar-refractivity contribution in [3.8, 4) is 0 Å². The van der Waals surface area contributed by atoms with Gasteiger partial charge in [0.25, 0.3) is 0 Å². The summed E-state index contributed by atoms with van der Waals surface area (Å²) < 4.78 is 6.51. The Bertz CT molecular complexity index is 675. The van der Waals surface area contributed by atoms with Gasteiger partial charge in [0.1, 0.15) is 13.2 Å². The first-order valence-electron chi connectivity index (χ1n) is 9.39. The molecule has 1 fully saturated rings. The van der Waals surface area contributed by atoms with Gasteiger partial charge < -0.3 is 38.3 Å². The number of halogens is 1. The number of benzene rings is 2. The number of esters is 1. The minimum Gasteiger partial charge on any atom is -1.00 e. The first-order valence-corrected chi connectivity index (χ1v) is 9.39. The second-order valence-electron chi connectivity index (χ2n) is 7.43. The molecule has 0 aromatic heterocycles. The minimum atomic E-state index is -1.79.